The number of nitrogens with zero attached hydrogens (tertiary/aromatic N) is 4. The van der Waals surface area contributed by atoms with E-state index in [-0.39, 0.29) is 16.8 Å². The van der Waals surface area contributed by atoms with Gasteiger partial charge < -0.3 is 4.90 Å². The molecule has 1 atom stereocenters. The number of rotatable bonds is 5. The third kappa shape index (κ3) is 4.27. The predicted octanol–water partition coefficient (Wildman–Crippen LogP) is 5.09. The molecule has 34 heavy (non-hydrogen) atoms. The van der Waals surface area contributed by atoms with E-state index in [9.17, 15) is 19.7 Å². The van der Waals surface area contributed by atoms with E-state index in [0.717, 1.165) is 5.56 Å². The summed E-state index contributed by atoms with van der Waals surface area (Å²) < 4.78 is 1.48. The van der Waals surface area contributed by atoms with E-state index in [2.05, 4.69) is 0 Å². The van der Waals surface area contributed by atoms with E-state index < -0.39 is 16.9 Å². The summed E-state index contributed by atoms with van der Waals surface area (Å²) in [6, 6.07) is 17.2. The maximum Gasteiger partial charge on any atom is 0.270 e. The van der Waals surface area contributed by atoms with Crippen LogP contribution in [0.4, 0.5) is 5.69 Å². The molecule has 0 saturated heterocycles. The number of nitro benzene ring substituents is 1. The summed E-state index contributed by atoms with van der Waals surface area (Å²) in [6.45, 7) is 3.69. The minimum Gasteiger partial charge on any atom is -0.332 e. The fraction of sp³-hybridized carbons (Fsp3) is 0.160. The highest BCUT2D eigenvalue weighted by Crippen LogP contribution is 2.25. The summed E-state index contributed by atoms with van der Waals surface area (Å²) in [5, 5.41) is 12.0. The highest BCUT2D eigenvalue weighted by atomic mass is 35.5. The van der Waals surface area contributed by atoms with Gasteiger partial charge in [0, 0.05) is 29.8 Å². The number of halogens is 1. The SMILES string of the molecule is Cc1ccc(-n2c(C(C)N(C)C(=O)c3cccc([N+](=O)[O-])c3)nc3cc(Cl)ccc3c2=O)cc1. The summed E-state index contributed by atoms with van der Waals surface area (Å²) >= 11 is 6.14. The van der Waals surface area contributed by atoms with Gasteiger partial charge in [-0.25, -0.2) is 4.98 Å². The van der Waals surface area contributed by atoms with Crippen molar-refractivity contribution in [2.24, 2.45) is 0 Å². The predicted molar refractivity (Wildman–Crippen MR) is 131 cm³/mol. The topological polar surface area (TPSA) is 98.3 Å². The average molecular weight is 477 g/mol. The van der Waals surface area contributed by atoms with Gasteiger partial charge in [-0.15, -0.1) is 0 Å². The number of nitro groups is 1. The molecular weight excluding hydrogens is 456 g/mol. The molecule has 1 aromatic heterocycles. The number of hydrogen-bond acceptors (Lipinski definition) is 5. The van der Waals surface area contributed by atoms with Crippen LogP contribution in [0.5, 0.6) is 0 Å². The van der Waals surface area contributed by atoms with Crippen LogP contribution in [-0.4, -0.2) is 32.3 Å². The number of aromatic nitrogens is 2. The second-order valence-electron chi connectivity index (χ2n) is 8.01. The second-order valence-corrected chi connectivity index (χ2v) is 8.44. The normalized spacial score (nSPS) is 11.9. The molecule has 0 aliphatic rings. The zero-order chi connectivity index (χ0) is 24.6. The maximum atomic E-state index is 13.5. The number of carbonyl (C=O) groups excluding carboxylic acids is 1. The Morgan fingerprint density at radius 1 is 1.12 bits per heavy atom. The lowest BCUT2D eigenvalue weighted by molar-refractivity contribution is -0.384. The van der Waals surface area contributed by atoms with Crippen LogP contribution in [0.25, 0.3) is 16.6 Å². The lowest BCUT2D eigenvalue weighted by atomic mass is 10.1. The van der Waals surface area contributed by atoms with Gasteiger partial charge in [0.05, 0.1) is 27.6 Å². The first-order chi connectivity index (χ1) is 16.2. The standard InChI is InChI=1S/C25H21ClN4O4/c1-15-7-10-19(11-8-15)29-23(27-22-14-18(26)9-12-21(22)25(29)32)16(2)28(3)24(31)17-5-4-6-20(13-17)30(33)34/h4-14,16H,1-3H3. The first-order valence-corrected chi connectivity index (χ1v) is 10.9. The van der Waals surface area contributed by atoms with Crippen molar-refractivity contribution in [2.45, 2.75) is 19.9 Å². The van der Waals surface area contributed by atoms with Crippen molar-refractivity contribution < 1.29 is 9.72 Å². The number of aryl methyl sites for hydroxylation is 1. The van der Waals surface area contributed by atoms with Crippen molar-refractivity contribution in [3.8, 4) is 5.69 Å². The van der Waals surface area contributed by atoms with Crippen LogP contribution in [0, 0.1) is 17.0 Å². The molecule has 8 nitrogen and oxygen atoms in total. The van der Waals surface area contributed by atoms with Crippen LogP contribution in [0.3, 0.4) is 0 Å². The Hall–Kier alpha value is -4.04. The summed E-state index contributed by atoms with van der Waals surface area (Å²) in [7, 11) is 1.57. The molecule has 0 aliphatic carbocycles. The largest absolute Gasteiger partial charge is 0.332 e. The van der Waals surface area contributed by atoms with Gasteiger partial charge in [-0.2, -0.15) is 0 Å². The van der Waals surface area contributed by atoms with Crippen molar-refractivity contribution in [1.29, 1.82) is 0 Å². The molecule has 4 aromatic rings. The Labute approximate surface area is 200 Å². The third-order valence-corrected chi connectivity index (χ3v) is 5.96. The first-order valence-electron chi connectivity index (χ1n) is 10.5. The van der Waals surface area contributed by atoms with E-state index in [4.69, 9.17) is 16.6 Å². The Bertz CT molecular complexity index is 1480. The zero-order valence-corrected chi connectivity index (χ0v) is 19.5. The lowest BCUT2D eigenvalue weighted by Crippen LogP contribution is -2.35. The Morgan fingerprint density at radius 2 is 1.82 bits per heavy atom. The van der Waals surface area contributed by atoms with Crippen LogP contribution in [0.15, 0.2) is 71.5 Å². The molecule has 1 heterocycles. The van der Waals surface area contributed by atoms with Gasteiger partial charge in [0.1, 0.15) is 5.82 Å². The monoisotopic (exact) mass is 476 g/mol. The number of benzene rings is 3. The van der Waals surface area contributed by atoms with Crippen LogP contribution in [0.1, 0.15) is 34.7 Å². The van der Waals surface area contributed by atoms with Gasteiger partial charge in [-0.05, 0) is 50.2 Å². The first kappa shape index (κ1) is 23.1. The van der Waals surface area contributed by atoms with Crippen LogP contribution in [0.2, 0.25) is 5.02 Å². The van der Waals surface area contributed by atoms with E-state index in [1.54, 1.807) is 32.2 Å². The Kier molecular flexibility index (Phi) is 6.17. The van der Waals surface area contributed by atoms with Gasteiger partial charge in [0.15, 0.2) is 0 Å². The molecule has 0 aliphatic heterocycles. The molecule has 172 valence electrons. The highest BCUT2D eigenvalue weighted by molar-refractivity contribution is 6.31. The molecule has 1 amide bonds. The van der Waals surface area contributed by atoms with Gasteiger partial charge in [-0.1, -0.05) is 35.4 Å². The van der Waals surface area contributed by atoms with Crippen molar-refractivity contribution in [3.05, 3.63) is 109 Å². The van der Waals surface area contributed by atoms with Crippen molar-refractivity contribution in [1.82, 2.24) is 14.5 Å². The number of fused-ring (bicyclic) bond motifs is 1. The molecule has 0 saturated carbocycles. The average Bonchev–Trinajstić information content (AvgIpc) is 2.83. The van der Waals surface area contributed by atoms with Crippen LogP contribution >= 0.6 is 11.6 Å². The smallest absolute Gasteiger partial charge is 0.270 e. The van der Waals surface area contributed by atoms with Crippen LogP contribution < -0.4 is 5.56 Å². The van der Waals surface area contributed by atoms with Gasteiger partial charge >= 0.3 is 0 Å². The molecule has 4 rings (SSSR count). The summed E-state index contributed by atoms with van der Waals surface area (Å²) in [5.74, 6) is -0.100. The fourth-order valence-corrected chi connectivity index (χ4v) is 3.87. The number of amides is 1. The molecule has 0 spiro atoms. The van der Waals surface area contributed by atoms with E-state index in [0.29, 0.717) is 27.4 Å². The van der Waals surface area contributed by atoms with E-state index in [1.165, 1.54) is 33.7 Å². The number of carbonyl (C=O) groups is 1. The van der Waals surface area contributed by atoms with Crippen molar-refractivity contribution in [2.75, 3.05) is 7.05 Å². The molecule has 9 heteroatoms. The van der Waals surface area contributed by atoms with Crippen LogP contribution in [-0.2, 0) is 0 Å². The van der Waals surface area contributed by atoms with Gasteiger partial charge in [-0.3, -0.25) is 24.3 Å². The van der Waals surface area contributed by atoms with Crippen molar-refractivity contribution >= 4 is 34.1 Å². The van der Waals surface area contributed by atoms with Crippen molar-refractivity contribution in [3.63, 3.8) is 0 Å². The van der Waals surface area contributed by atoms with E-state index in [1.807, 2.05) is 31.2 Å². The molecule has 0 bridgehead atoms. The zero-order valence-electron chi connectivity index (χ0n) is 18.7. The molecule has 0 fully saturated rings. The summed E-state index contributed by atoms with van der Waals surface area (Å²) in [6.07, 6.45) is 0. The number of hydrogen-bond donors (Lipinski definition) is 0. The molecule has 0 radical (unpaired) electrons. The maximum absolute atomic E-state index is 13.5. The van der Waals surface area contributed by atoms with Gasteiger partial charge in [0.25, 0.3) is 17.2 Å². The minimum atomic E-state index is -0.649. The number of non-ortho nitro benzene ring substituents is 1. The minimum absolute atomic E-state index is 0.164. The summed E-state index contributed by atoms with van der Waals surface area (Å²) in [5.41, 5.74) is 1.75. The Balaban J connectivity index is 1.86. The highest BCUT2D eigenvalue weighted by Gasteiger charge is 2.26. The fourth-order valence-electron chi connectivity index (χ4n) is 3.70. The second kappa shape index (κ2) is 9.07. The molecular formula is C25H21ClN4O4. The Morgan fingerprint density at radius 3 is 2.50 bits per heavy atom. The quantitative estimate of drug-likeness (QED) is 0.295. The lowest BCUT2D eigenvalue weighted by Gasteiger charge is -2.27. The molecule has 1 unspecified atom stereocenters. The van der Waals surface area contributed by atoms with E-state index >= 15 is 0 Å². The summed E-state index contributed by atoms with van der Waals surface area (Å²) in [4.78, 5) is 43.4. The van der Waals surface area contributed by atoms with Gasteiger partial charge in [0.2, 0.25) is 0 Å². The molecule has 0 N–H and O–H groups in total. The third-order valence-electron chi connectivity index (χ3n) is 5.73. The molecule has 3 aromatic carbocycles.